The summed E-state index contributed by atoms with van der Waals surface area (Å²) in [6, 6.07) is 4.40. The Kier molecular flexibility index (Phi) is 4.39. The van der Waals surface area contributed by atoms with E-state index in [2.05, 4.69) is 0 Å². The molecule has 0 aromatic heterocycles. The first-order valence-electron chi connectivity index (χ1n) is 5.03. The molecule has 5 heteroatoms. The summed E-state index contributed by atoms with van der Waals surface area (Å²) in [7, 11) is 0. The number of ether oxygens (including phenoxy) is 2. The Hall–Kier alpha value is -2.17. The van der Waals surface area contributed by atoms with Crippen LogP contribution in [0.4, 0.5) is 0 Å². The van der Waals surface area contributed by atoms with Crippen LogP contribution < -0.4 is 4.74 Å². The van der Waals surface area contributed by atoms with Crippen molar-refractivity contribution in [1.82, 2.24) is 0 Å². The number of carbonyl (C=O) groups is 3. The SMILES string of the molecule is CCOC(=O)c1c(C=O)cccc1OC(C)=O. The molecule has 0 spiro atoms. The predicted octanol–water partition coefficient (Wildman–Crippen LogP) is 1.60. The number of hydrogen-bond acceptors (Lipinski definition) is 5. The summed E-state index contributed by atoms with van der Waals surface area (Å²) in [6.45, 7) is 3.03. The zero-order valence-corrected chi connectivity index (χ0v) is 9.56. The highest BCUT2D eigenvalue weighted by atomic mass is 16.5. The van der Waals surface area contributed by atoms with Crippen molar-refractivity contribution in [2.75, 3.05) is 6.61 Å². The van der Waals surface area contributed by atoms with Crippen molar-refractivity contribution in [2.24, 2.45) is 0 Å². The van der Waals surface area contributed by atoms with Crippen molar-refractivity contribution in [2.45, 2.75) is 13.8 Å². The highest BCUT2D eigenvalue weighted by Gasteiger charge is 2.19. The molecule has 0 fully saturated rings. The third kappa shape index (κ3) is 3.14. The number of esters is 2. The fraction of sp³-hybridized carbons (Fsp3) is 0.250. The van der Waals surface area contributed by atoms with Crippen LogP contribution in [0.15, 0.2) is 18.2 Å². The molecule has 1 aromatic rings. The first-order chi connectivity index (χ1) is 8.10. The van der Waals surface area contributed by atoms with Crippen LogP contribution in [0.2, 0.25) is 0 Å². The Morgan fingerprint density at radius 2 is 2.06 bits per heavy atom. The summed E-state index contributed by atoms with van der Waals surface area (Å²) in [5.74, 6) is -1.23. The average Bonchev–Trinajstić information content (AvgIpc) is 2.28. The van der Waals surface area contributed by atoms with E-state index in [1.807, 2.05) is 0 Å². The molecule has 0 amide bonds. The second-order valence-electron chi connectivity index (χ2n) is 3.15. The van der Waals surface area contributed by atoms with Gasteiger partial charge in [0.05, 0.1) is 6.61 Å². The molecule has 0 radical (unpaired) electrons. The highest BCUT2D eigenvalue weighted by Crippen LogP contribution is 2.22. The Bertz CT molecular complexity index is 450. The van der Waals surface area contributed by atoms with Gasteiger partial charge in [0.15, 0.2) is 6.29 Å². The van der Waals surface area contributed by atoms with Crippen molar-refractivity contribution in [1.29, 1.82) is 0 Å². The second-order valence-corrected chi connectivity index (χ2v) is 3.15. The largest absolute Gasteiger partial charge is 0.462 e. The van der Waals surface area contributed by atoms with Gasteiger partial charge in [-0.3, -0.25) is 9.59 Å². The van der Waals surface area contributed by atoms with E-state index in [1.165, 1.54) is 25.1 Å². The molecule has 0 unspecified atom stereocenters. The summed E-state index contributed by atoms with van der Waals surface area (Å²) in [6.07, 6.45) is 0.513. The van der Waals surface area contributed by atoms with E-state index in [0.29, 0.717) is 6.29 Å². The lowest BCUT2D eigenvalue weighted by Gasteiger charge is -2.09. The van der Waals surface area contributed by atoms with Crippen LogP contribution in [0.25, 0.3) is 0 Å². The maximum absolute atomic E-state index is 11.7. The molecule has 0 aliphatic carbocycles. The summed E-state index contributed by atoms with van der Waals surface area (Å²) in [5.41, 5.74) is 0.0988. The van der Waals surface area contributed by atoms with Crippen LogP contribution in [-0.2, 0) is 9.53 Å². The van der Waals surface area contributed by atoms with E-state index in [0.717, 1.165) is 0 Å². The van der Waals surface area contributed by atoms with Crippen LogP contribution in [0.1, 0.15) is 34.6 Å². The lowest BCUT2D eigenvalue weighted by molar-refractivity contribution is -0.131. The van der Waals surface area contributed by atoms with Crippen LogP contribution in [0, 0.1) is 0 Å². The normalized spacial score (nSPS) is 9.53. The summed E-state index contributed by atoms with van der Waals surface area (Å²) in [4.78, 5) is 33.4. The van der Waals surface area contributed by atoms with Gasteiger partial charge in [0.2, 0.25) is 0 Å². The van der Waals surface area contributed by atoms with Gasteiger partial charge in [-0.2, -0.15) is 0 Å². The lowest BCUT2D eigenvalue weighted by Crippen LogP contribution is -2.12. The molecule has 0 atom stereocenters. The molecule has 0 bridgehead atoms. The maximum Gasteiger partial charge on any atom is 0.342 e. The monoisotopic (exact) mass is 236 g/mol. The van der Waals surface area contributed by atoms with Gasteiger partial charge < -0.3 is 9.47 Å². The van der Waals surface area contributed by atoms with Crippen LogP contribution >= 0.6 is 0 Å². The summed E-state index contributed by atoms with van der Waals surface area (Å²) >= 11 is 0. The molecule has 0 aliphatic heterocycles. The number of benzene rings is 1. The molecule has 0 saturated carbocycles. The van der Waals surface area contributed by atoms with Crippen molar-refractivity contribution >= 4 is 18.2 Å². The molecule has 0 N–H and O–H groups in total. The minimum Gasteiger partial charge on any atom is -0.462 e. The quantitative estimate of drug-likeness (QED) is 0.451. The third-order valence-corrected chi connectivity index (χ3v) is 1.92. The molecule has 17 heavy (non-hydrogen) atoms. The van der Waals surface area contributed by atoms with Gasteiger partial charge in [0, 0.05) is 12.5 Å². The molecule has 90 valence electrons. The fourth-order valence-electron chi connectivity index (χ4n) is 1.31. The van der Waals surface area contributed by atoms with Gasteiger partial charge in [0.25, 0.3) is 0 Å². The Balaban J connectivity index is 3.24. The molecule has 1 aromatic carbocycles. The minimum atomic E-state index is -0.688. The van der Waals surface area contributed by atoms with E-state index in [9.17, 15) is 14.4 Å². The van der Waals surface area contributed by atoms with Gasteiger partial charge in [-0.05, 0) is 13.0 Å². The van der Waals surface area contributed by atoms with Crippen LogP contribution in [0.5, 0.6) is 5.75 Å². The molecule has 1 rings (SSSR count). The Morgan fingerprint density at radius 1 is 1.35 bits per heavy atom. The first-order valence-corrected chi connectivity index (χ1v) is 5.03. The highest BCUT2D eigenvalue weighted by molar-refractivity contribution is 6.01. The number of carbonyl (C=O) groups excluding carboxylic acids is 3. The number of hydrogen-bond donors (Lipinski definition) is 0. The van der Waals surface area contributed by atoms with E-state index in [-0.39, 0.29) is 23.5 Å². The summed E-state index contributed by atoms with van der Waals surface area (Å²) < 4.78 is 9.66. The third-order valence-electron chi connectivity index (χ3n) is 1.92. The van der Waals surface area contributed by atoms with E-state index in [1.54, 1.807) is 6.92 Å². The van der Waals surface area contributed by atoms with Crippen LogP contribution in [-0.4, -0.2) is 24.8 Å². The van der Waals surface area contributed by atoms with Crippen molar-refractivity contribution in [3.63, 3.8) is 0 Å². The molecule has 0 saturated heterocycles. The number of rotatable bonds is 4. The van der Waals surface area contributed by atoms with Crippen molar-refractivity contribution in [3.05, 3.63) is 29.3 Å². The van der Waals surface area contributed by atoms with E-state index >= 15 is 0 Å². The van der Waals surface area contributed by atoms with E-state index < -0.39 is 11.9 Å². The number of aldehydes is 1. The summed E-state index contributed by atoms with van der Waals surface area (Å²) in [5, 5.41) is 0. The van der Waals surface area contributed by atoms with Gasteiger partial charge in [-0.15, -0.1) is 0 Å². The topological polar surface area (TPSA) is 69.7 Å². The molecule has 5 nitrogen and oxygen atoms in total. The van der Waals surface area contributed by atoms with Gasteiger partial charge in [-0.25, -0.2) is 4.79 Å². The second kappa shape index (κ2) is 5.79. The predicted molar refractivity (Wildman–Crippen MR) is 59.1 cm³/mol. The maximum atomic E-state index is 11.7. The van der Waals surface area contributed by atoms with E-state index in [4.69, 9.17) is 9.47 Å². The Morgan fingerprint density at radius 3 is 2.59 bits per heavy atom. The minimum absolute atomic E-state index is 0.0282. The zero-order chi connectivity index (χ0) is 12.8. The first kappa shape index (κ1) is 12.9. The lowest BCUT2D eigenvalue weighted by atomic mass is 10.1. The Labute approximate surface area is 98.3 Å². The molecular formula is C12H12O5. The van der Waals surface area contributed by atoms with Crippen molar-refractivity contribution < 1.29 is 23.9 Å². The fourth-order valence-corrected chi connectivity index (χ4v) is 1.31. The molecule has 0 heterocycles. The molecule has 0 aliphatic rings. The standard InChI is InChI=1S/C12H12O5/c1-3-16-12(15)11-9(7-13)5-4-6-10(11)17-8(2)14/h4-7H,3H2,1-2H3. The van der Waals surface area contributed by atoms with Gasteiger partial charge in [-0.1, -0.05) is 12.1 Å². The molecular weight excluding hydrogens is 224 g/mol. The van der Waals surface area contributed by atoms with Gasteiger partial charge >= 0.3 is 11.9 Å². The average molecular weight is 236 g/mol. The van der Waals surface area contributed by atoms with Crippen molar-refractivity contribution in [3.8, 4) is 5.75 Å². The smallest absolute Gasteiger partial charge is 0.342 e. The zero-order valence-electron chi connectivity index (χ0n) is 9.56. The van der Waals surface area contributed by atoms with Crippen LogP contribution in [0.3, 0.4) is 0 Å². The van der Waals surface area contributed by atoms with Gasteiger partial charge in [0.1, 0.15) is 11.3 Å².